The smallest absolute Gasteiger partial charge is 0.252 e. The van der Waals surface area contributed by atoms with E-state index in [4.69, 9.17) is 17.2 Å². The fourth-order valence-corrected chi connectivity index (χ4v) is 3.95. The number of carbonyl (C=O) groups is 5. The first kappa shape index (κ1) is 33.5. The number of nitrogens with zero attached hydrogens (tertiary/aromatic N) is 1. The SMILES string of the molecule is CC(N)C(=O)NC(C)C(=O)N(C(=O)CC=C[C@@H](N)Cc1ccccc1)C(C(=O)NC(C(N)=O)C(C)C)C(C)C. The first-order valence-electron chi connectivity index (χ1n) is 13.1. The first-order chi connectivity index (χ1) is 18.2. The molecule has 39 heavy (non-hydrogen) atoms. The number of carbonyl (C=O) groups excluding carboxylic acids is 5. The van der Waals surface area contributed by atoms with E-state index in [1.54, 1.807) is 39.8 Å². The Kier molecular flexibility index (Phi) is 13.5. The molecule has 1 aromatic carbocycles. The normalized spacial score (nSPS) is 15.3. The first-order valence-corrected chi connectivity index (χ1v) is 13.1. The van der Waals surface area contributed by atoms with Gasteiger partial charge in [0.2, 0.25) is 23.6 Å². The summed E-state index contributed by atoms with van der Waals surface area (Å²) in [7, 11) is 0. The van der Waals surface area contributed by atoms with Crippen LogP contribution in [0.2, 0.25) is 0 Å². The second-order valence-electron chi connectivity index (χ2n) is 10.4. The standard InChI is InChI=1S/C28H44N6O5/c1-16(2)23(25(31)36)33-27(38)24(17(3)4)34(28(39)19(6)32-26(37)18(5)29)22(35)14-10-13-21(30)15-20-11-8-7-9-12-20/h7-13,16-19,21,23-24H,14-15,29-30H2,1-6H3,(H2,31,36)(H,32,37)(H,33,38)/t18?,19?,21-,23?,24?/m1/s1. The van der Waals surface area contributed by atoms with Gasteiger partial charge in [0.15, 0.2) is 0 Å². The predicted molar refractivity (Wildman–Crippen MR) is 150 cm³/mol. The van der Waals surface area contributed by atoms with Crippen molar-refractivity contribution in [2.24, 2.45) is 29.0 Å². The Morgan fingerprint density at radius 3 is 1.95 bits per heavy atom. The Balaban J connectivity index is 3.26. The summed E-state index contributed by atoms with van der Waals surface area (Å²) < 4.78 is 0. The lowest BCUT2D eigenvalue weighted by Gasteiger charge is -2.34. The van der Waals surface area contributed by atoms with Gasteiger partial charge in [0.05, 0.1) is 6.04 Å². The Morgan fingerprint density at radius 1 is 0.872 bits per heavy atom. The van der Waals surface area contributed by atoms with E-state index in [2.05, 4.69) is 10.6 Å². The predicted octanol–water partition coefficient (Wildman–Crippen LogP) is 0.361. The average molecular weight is 545 g/mol. The van der Waals surface area contributed by atoms with Crippen molar-refractivity contribution in [3.8, 4) is 0 Å². The van der Waals surface area contributed by atoms with Crippen LogP contribution in [0.3, 0.4) is 0 Å². The zero-order valence-corrected chi connectivity index (χ0v) is 23.7. The van der Waals surface area contributed by atoms with Crippen LogP contribution in [0.5, 0.6) is 0 Å². The third-order valence-corrected chi connectivity index (χ3v) is 6.09. The summed E-state index contributed by atoms with van der Waals surface area (Å²) >= 11 is 0. The van der Waals surface area contributed by atoms with Crippen molar-refractivity contribution in [3.63, 3.8) is 0 Å². The molecule has 5 amide bonds. The number of nitrogens with one attached hydrogen (secondary N) is 2. The van der Waals surface area contributed by atoms with Gasteiger partial charge >= 0.3 is 0 Å². The van der Waals surface area contributed by atoms with Gasteiger partial charge in [-0.1, -0.05) is 70.2 Å². The highest BCUT2D eigenvalue weighted by atomic mass is 16.2. The molecule has 0 aliphatic heterocycles. The number of amides is 5. The molecular formula is C28H44N6O5. The maximum absolute atomic E-state index is 13.5. The summed E-state index contributed by atoms with van der Waals surface area (Å²) in [5.74, 6) is -4.34. The number of hydrogen-bond donors (Lipinski definition) is 5. The Morgan fingerprint density at radius 2 is 1.46 bits per heavy atom. The molecule has 0 saturated heterocycles. The Bertz CT molecular complexity index is 1020. The molecule has 0 aliphatic carbocycles. The number of primary amides is 1. The van der Waals surface area contributed by atoms with Crippen LogP contribution in [0, 0.1) is 11.8 Å². The minimum absolute atomic E-state index is 0.220. The molecule has 1 rings (SSSR count). The van der Waals surface area contributed by atoms with Crippen molar-refractivity contribution in [1.82, 2.24) is 15.5 Å². The van der Waals surface area contributed by atoms with Gasteiger partial charge in [0.1, 0.15) is 18.1 Å². The summed E-state index contributed by atoms with van der Waals surface area (Å²) in [6.07, 6.45) is 3.55. The van der Waals surface area contributed by atoms with E-state index >= 15 is 0 Å². The highest BCUT2D eigenvalue weighted by Gasteiger charge is 2.40. The second-order valence-corrected chi connectivity index (χ2v) is 10.4. The molecule has 5 atom stereocenters. The van der Waals surface area contributed by atoms with Gasteiger partial charge in [-0.25, -0.2) is 0 Å². The largest absolute Gasteiger partial charge is 0.368 e. The fraction of sp³-hybridized carbons (Fsp3) is 0.536. The molecular weight excluding hydrogens is 500 g/mol. The molecule has 0 aromatic heterocycles. The molecule has 1 aromatic rings. The number of rotatable bonds is 14. The highest BCUT2D eigenvalue weighted by Crippen LogP contribution is 2.17. The lowest BCUT2D eigenvalue weighted by Crippen LogP contribution is -2.61. The van der Waals surface area contributed by atoms with E-state index in [9.17, 15) is 24.0 Å². The lowest BCUT2D eigenvalue weighted by atomic mass is 9.97. The van der Waals surface area contributed by atoms with E-state index in [1.807, 2.05) is 30.3 Å². The van der Waals surface area contributed by atoms with Crippen molar-refractivity contribution in [3.05, 3.63) is 48.0 Å². The van der Waals surface area contributed by atoms with Crippen LogP contribution >= 0.6 is 0 Å². The molecule has 0 fully saturated rings. The van der Waals surface area contributed by atoms with E-state index in [-0.39, 0.29) is 18.4 Å². The minimum Gasteiger partial charge on any atom is -0.368 e. The quantitative estimate of drug-likeness (QED) is 0.209. The van der Waals surface area contributed by atoms with Crippen LogP contribution in [-0.4, -0.2) is 64.6 Å². The zero-order chi connectivity index (χ0) is 29.9. The second kappa shape index (κ2) is 15.7. The summed E-state index contributed by atoms with van der Waals surface area (Å²) in [5, 5.41) is 5.06. The molecule has 0 spiro atoms. The van der Waals surface area contributed by atoms with Crippen LogP contribution < -0.4 is 27.8 Å². The summed E-state index contributed by atoms with van der Waals surface area (Å²) in [6.45, 7) is 9.63. The maximum atomic E-state index is 13.5. The summed E-state index contributed by atoms with van der Waals surface area (Å²) in [5.41, 5.74) is 18.3. The van der Waals surface area contributed by atoms with Crippen molar-refractivity contribution in [1.29, 1.82) is 0 Å². The molecule has 0 radical (unpaired) electrons. The van der Waals surface area contributed by atoms with Crippen molar-refractivity contribution in [2.75, 3.05) is 0 Å². The molecule has 11 nitrogen and oxygen atoms in total. The number of nitrogens with two attached hydrogens (primary N) is 3. The van der Waals surface area contributed by atoms with E-state index in [1.165, 1.54) is 13.8 Å². The van der Waals surface area contributed by atoms with Gasteiger partial charge < -0.3 is 27.8 Å². The van der Waals surface area contributed by atoms with Crippen LogP contribution in [0.15, 0.2) is 42.5 Å². The van der Waals surface area contributed by atoms with Crippen molar-refractivity contribution >= 4 is 29.5 Å². The third-order valence-electron chi connectivity index (χ3n) is 6.09. The topological polar surface area (TPSA) is 191 Å². The van der Waals surface area contributed by atoms with Gasteiger partial charge in [-0.2, -0.15) is 0 Å². The van der Waals surface area contributed by atoms with E-state index < -0.39 is 59.6 Å². The lowest BCUT2D eigenvalue weighted by molar-refractivity contribution is -0.155. The number of hydrogen-bond acceptors (Lipinski definition) is 7. The molecule has 216 valence electrons. The van der Waals surface area contributed by atoms with Crippen LogP contribution in [0.4, 0.5) is 0 Å². The van der Waals surface area contributed by atoms with Gasteiger partial charge in [-0.3, -0.25) is 28.9 Å². The van der Waals surface area contributed by atoms with Gasteiger partial charge in [-0.15, -0.1) is 0 Å². The maximum Gasteiger partial charge on any atom is 0.252 e. The molecule has 0 bridgehead atoms. The molecule has 11 heteroatoms. The molecule has 4 unspecified atom stereocenters. The van der Waals surface area contributed by atoms with Gasteiger partial charge in [0, 0.05) is 12.5 Å². The molecule has 8 N–H and O–H groups in total. The van der Waals surface area contributed by atoms with Gasteiger partial charge in [-0.05, 0) is 37.7 Å². The third kappa shape index (κ3) is 10.6. The summed E-state index contributed by atoms with van der Waals surface area (Å²) in [6, 6.07) is 4.92. The fourth-order valence-electron chi connectivity index (χ4n) is 3.95. The number of benzene rings is 1. The highest BCUT2D eigenvalue weighted by molar-refractivity contribution is 6.04. The molecule has 0 heterocycles. The summed E-state index contributed by atoms with van der Waals surface area (Å²) in [4.78, 5) is 65.2. The zero-order valence-electron chi connectivity index (χ0n) is 23.7. The van der Waals surface area contributed by atoms with E-state index in [0.717, 1.165) is 10.5 Å². The Labute approximate surface area is 230 Å². The monoisotopic (exact) mass is 544 g/mol. The average Bonchev–Trinajstić information content (AvgIpc) is 2.84. The van der Waals surface area contributed by atoms with Crippen molar-refractivity contribution in [2.45, 2.75) is 84.6 Å². The van der Waals surface area contributed by atoms with Crippen LogP contribution in [0.25, 0.3) is 0 Å². The van der Waals surface area contributed by atoms with E-state index in [0.29, 0.717) is 6.42 Å². The minimum atomic E-state index is -1.27. The van der Waals surface area contributed by atoms with Crippen LogP contribution in [0.1, 0.15) is 53.5 Å². The Hall–Kier alpha value is -3.57. The van der Waals surface area contributed by atoms with Crippen LogP contribution in [-0.2, 0) is 30.4 Å². The molecule has 0 saturated carbocycles. The molecule has 0 aliphatic rings. The van der Waals surface area contributed by atoms with Gasteiger partial charge in [0.25, 0.3) is 5.91 Å². The van der Waals surface area contributed by atoms with Crippen molar-refractivity contribution < 1.29 is 24.0 Å². The number of imide groups is 1.